The molecule has 0 aromatic carbocycles. The molecule has 0 aromatic heterocycles. The zero-order valence-corrected chi connectivity index (χ0v) is 10.00. The molecule has 1 aliphatic rings. The van der Waals surface area contributed by atoms with E-state index in [1.54, 1.807) is 0 Å². The Balaban J connectivity index is 2.25. The number of likely N-dealkylation sites (N-methyl/N-ethyl adjacent to an activating group) is 1. The number of hydrogen-bond acceptors (Lipinski definition) is 3. The van der Waals surface area contributed by atoms with E-state index in [0.717, 1.165) is 19.0 Å². The fourth-order valence-corrected chi connectivity index (χ4v) is 2.23. The molecule has 0 aliphatic carbocycles. The number of nitrogens with one attached hydrogen (secondary N) is 1. The van der Waals surface area contributed by atoms with Gasteiger partial charge in [-0.3, -0.25) is 0 Å². The van der Waals surface area contributed by atoms with Crippen molar-refractivity contribution in [2.24, 2.45) is 5.92 Å². The summed E-state index contributed by atoms with van der Waals surface area (Å²) in [5.41, 5.74) is 0. The van der Waals surface area contributed by atoms with Crippen LogP contribution in [0.25, 0.3) is 0 Å². The van der Waals surface area contributed by atoms with Crippen LogP contribution in [0.2, 0.25) is 0 Å². The highest BCUT2D eigenvalue weighted by atomic mass is 15.2. The molecule has 15 heavy (non-hydrogen) atoms. The summed E-state index contributed by atoms with van der Waals surface area (Å²) in [6.45, 7) is 8.43. The second-order valence-electron chi connectivity index (χ2n) is 4.39. The van der Waals surface area contributed by atoms with Crippen LogP contribution in [-0.4, -0.2) is 37.1 Å². The van der Waals surface area contributed by atoms with E-state index in [-0.39, 0.29) is 6.04 Å². The second kappa shape index (κ2) is 6.81. The average molecular weight is 209 g/mol. The van der Waals surface area contributed by atoms with E-state index < -0.39 is 0 Å². The van der Waals surface area contributed by atoms with Gasteiger partial charge in [0.1, 0.15) is 6.04 Å². The van der Waals surface area contributed by atoms with Gasteiger partial charge in [-0.05, 0) is 38.4 Å². The van der Waals surface area contributed by atoms with Crippen molar-refractivity contribution < 1.29 is 0 Å². The van der Waals surface area contributed by atoms with Gasteiger partial charge >= 0.3 is 0 Å². The molecule has 0 spiro atoms. The Morgan fingerprint density at radius 3 is 2.53 bits per heavy atom. The molecule has 0 amide bonds. The van der Waals surface area contributed by atoms with Crippen molar-refractivity contribution in [1.82, 2.24) is 10.2 Å². The predicted octanol–water partition coefficient (Wildman–Crippen LogP) is 1.61. The van der Waals surface area contributed by atoms with E-state index in [4.69, 9.17) is 5.26 Å². The molecule has 1 fully saturated rings. The molecule has 3 nitrogen and oxygen atoms in total. The molecule has 3 heteroatoms. The molecule has 0 saturated carbocycles. The highest BCUT2D eigenvalue weighted by Gasteiger charge is 2.19. The maximum atomic E-state index is 8.95. The van der Waals surface area contributed by atoms with Gasteiger partial charge in [0.2, 0.25) is 0 Å². The van der Waals surface area contributed by atoms with E-state index in [1.165, 1.54) is 32.4 Å². The molecular formula is C12H23N3. The van der Waals surface area contributed by atoms with Gasteiger partial charge in [0.25, 0.3) is 0 Å². The van der Waals surface area contributed by atoms with E-state index in [2.05, 4.69) is 23.2 Å². The summed E-state index contributed by atoms with van der Waals surface area (Å²) in [6.07, 6.45) is 3.92. The molecule has 1 unspecified atom stereocenters. The summed E-state index contributed by atoms with van der Waals surface area (Å²) in [5, 5.41) is 12.1. The second-order valence-corrected chi connectivity index (χ2v) is 4.39. The summed E-state index contributed by atoms with van der Waals surface area (Å²) >= 11 is 0. The van der Waals surface area contributed by atoms with Crippen molar-refractivity contribution in [3.63, 3.8) is 0 Å². The zero-order chi connectivity index (χ0) is 11.1. The molecule has 1 atom stereocenters. The Morgan fingerprint density at radius 1 is 1.40 bits per heavy atom. The molecule has 1 heterocycles. The Morgan fingerprint density at radius 2 is 2.07 bits per heavy atom. The SMILES string of the molecule is CCNC(C#N)CN1CCC(CC)CC1. The number of rotatable bonds is 5. The van der Waals surface area contributed by atoms with Crippen molar-refractivity contribution in [2.75, 3.05) is 26.2 Å². The van der Waals surface area contributed by atoms with Crippen LogP contribution in [0.1, 0.15) is 33.1 Å². The third-order valence-electron chi connectivity index (χ3n) is 3.33. The largest absolute Gasteiger partial charge is 0.301 e. The minimum atomic E-state index is 0.00757. The Hall–Kier alpha value is -0.590. The first-order valence-corrected chi connectivity index (χ1v) is 6.15. The van der Waals surface area contributed by atoms with Crippen molar-refractivity contribution >= 4 is 0 Å². The first-order chi connectivity index (χ1) is 7.30. The molecule has 1 rings (SSSR count). The van der Waals surface area contributed by atoms with Crippen LogP contribution < -0.4 is 5.32 Å². The van der Waals surface area contributed by atoms with Crippen LogP contribution in [0.15, 0.2) is 0 Å². The third-order valence-corrected chi connectivity index (χ3v) is 3.33. The van der Waals surface area contributed by atoms with Crippen molar-refractivity contribution in [3.8, 4) is 6.07 Å². The lowest BCUT2D eigenvalue weighted by Gasteiger charge is -2.32. The first-order valence-electron chi connectivity index (χ1n) is 6.15. The minimum Gasteiger partial charge on any atom is -0.301 e. The fourth-order valence-electron chi connectivity index (χ4n) is 2.23. The lowest BCUT2D eigenvalue weighted by molar-refractivity contribution is 0.174. The third kappa shape index (κ3) is 4.19. The smallest absolute Gasteiger partial charge is 0.108 e. The molecule has 1 aliphatic heterocycles. The molecule has 0 bridgehead atoms. The van der Waals surface area contributed by atoms with Crippen LogP contribution >= 0.6 is 0 Å². The standard InChI is InChI=1S/C12H23N3/c1-3-11-5-7-15(8-6-11)10-12(9-13)14-4-2/h11-12,14H,3-8,10H2,1-2H3. The van der Waals surface area contributed by atoms with Gasteiger partial charge in [-0.2, -0.15) is 5.26 Å². The fraction of sp³-hybridized carbons (Fsp3) is 0.917. The highest BCUT2D eigenvalue weighted by molar-refractivity contribution is 4.92. The predicted molar refractivity (Wildman–Crippen MR) is 62.5 cm³/mol. The van der Waals surface area contributed by atoms with Gasteiger partial charge in [-0.1, -0.05) is 20.3 Å². The van der Waals surface area contributed by atoms with E-state index in [1.807, 2.05) is 6.92 Å². The Bertz CT molecular complexity index is 201. The number of piperidine rings is 1. The normalized spacial score (nSPS) is 21.1. The summed E-state index contributed by atoms with van der Waals surface area (Å²) in [7, 11) is 0. The summed E-state index contributed by atoms with van der Waals surface area (Å²) in [6, 6.07) is 2.33. The van der Waals surface area contributed by atoms with E-state index >= 15 is 0 Å². The van der Waals surface area contributed by atoms with Crippen molar-refractivity contribution in [3.05, 3.63) is 0 Å². The maximum absolute atomic E-state index is 8.95. The highest BCUT2D eigenvalue weighted by Crippen LogP contribution is 2.19. The average Bonchev–Trinajstić information content (AvgIpc) is 2.29. The molecular weight excluding hydrogens is 186 g/mol. The Kier molecular flexibility index (Phi) is 5.67. The topological polar surface area (TPSA) is 39.1 Å². The van der Waals surface area contributed by atoms with Gasteiger partial charge in [0.15, 0.2) is 0 Å². The summed E-state index contributed by atoms with van der Waals surface area (Å²) in [5.74, 6) is 0.918. The van der Waals surface area contributed by atoms with E-state index in [9.17, 15) is 0 Å². The van der Waals surface area contributed by atoms with Gasteiger partial charge in [0.05, 0.1) is 6.07 Å². The lowest BCUT2D eigenvalue weighted by Crippen LogP contribution is -2.43. The van der Waals surface area contributed by atoms with Crippen LogP contribution in [-0.2, 0) is 0 Å². The lowest BCUT2D eigenvalue weighted by atomic mass is 9.94. The maximum Gasteiger partial charge on any atom is 0.108 e. The van der Waals surface area contributed by atoms with Gasteiger partial charge in [0, 0.05) is 6.54 Å². The first kappa shape index (κ1) is 12.5. The minimum absolute atomic E-state index is 0.00757. The quantitative estimate of drug-likeness (QED) is 0.747. The number of likely N-dealkylation sites (tertiary alicyclic amines) is 1. The molecule has 0 radical (unpaired) electrons. The van der Waals surface area contributed by atoms with Gasteiger partial charge < -0.3 is 10.2 Å². The van der Waals surface area contributed by atoms with E-state index in [0.29, 0.717) is 0 Å². The molecule has 1 saturated heterocycles. The van der Waals surface area contributed by atoms with Crippen LogP contribution in [0.3, 0.4) is 0 Å². The molecule has 86 valence electrons. The summed E-state index contributed by atoms with van der Waals surface area (Å²) in [4.78, 5) is 2.42. The zero-order valence-electron chi connectivity index (χ0n) is 10.00. The van der Waals surface area contributed by atoms with Crippen LogP contribution in [0, 0.1) is 17.2 Å². The molecule has 0 aromatic rings. The molecule has 1 N–H and O–H groups in total. The number of hydrogen-bond donors (Lipinski definition) is 1. The van der Waals surface area contributed by atoms with Crippen molar-refractivity contribution in [1.29, 1.82) is 5.26 Å². The van der Waals surface area contributed by atoms with Gasteiger partial charge in [-0.25, -0.2) is 0 Å². The van der Waals surface area contributed by atoms with Crippen molar-refractivity contribution in [2.45, 2.75) is 39.2 Å². The van der Waals surface area contributed by atoms with Gasteiger partial charge in [-0.15, -0.1) is 0 Å². The Labute approximate surface area is 93.5 Å². The van der Waals surface area contributed by atoms with Crippen LogP contribution in [0.5, 0.6) is 0 Å². The number of nitriles is 1. The summed E-state index contributed by atoms with van der Waals surface area (Å²) < 4.78 is 0. The van der Waals surface area contributed by atoms with Crippen LogP contribution in [0.4, 0.5) is 0 Å². The number of nitrogens with zero attached hydrogens (tertiary/aromatic N) is 2. The monoisotopic (exact) mass is 209 g/mol.